The van der Waals surface area contributed by atoms with Crippen LogP contribution in [0.5, 0.6) is 0 Å². The summed E-state index contributed by atoms with van der Waals surface area (Å²) >= 11 is 0. The van der Waals surface area contributed by atoms with E-state index in [9.17, 15) is 4.79 Å². The van der Waals surface area contributed by atoms with Crippen molar-refractivity contribution in [2.45, 2.75) is 26.3 Å². The van der Waals surface area contributed by atoms with Crippen LogP contribution in [0.25, 0.3) is 0 Å². The van der Waals surface area contributed by atoms with Gasteiger partial charge < -0.3 is 14.2 Å². The van der Waals surface area contributed by atoms with Gasteiger partial charge in [0, 0.05) is 12.6 Å². The lowest BCUT2D eigenvalue weighted by molar-refractivity contribution is -0.00600. The van der Waals surface area contributed by atoms with Crippen molar-refractivity contribution in [3.63, 3.8) is 0 Å². The van der Waals surface area contributed by atoms with E-state index in [1.807, 2.05) is 13.8 Å². The average Bonchev–Trinajstić information content (AvgIpc) is 3.15. The fraction of sp³-hybridized carbons (Fsp3) is 0.500. The number of carbonyl (C=O) groups excluding carboxylic acids is 1. The first-order valence-corrected chi connectivity index (χ1v) is 7.05. The van der Waals surface area contributed by atoms with Crippen LogP contribution in [0.15, 0.2) is 16.8 Å². The van der Waals surface area contributed by atoms with Gasteiger partial charge in [0.15, 0.2) is 0 Å². The average molecular weight is 290 g/mol. The first-order valence-electron chi connectivity index (χ1n) is 7.05. The predicted molar refractivity (Wildman–Crippen MR) is 73.8 cm³/mol. The van der Waals surface area contributed by atoms with Crippen LogP contribution in [-0.2, 0) is 11.2 Å². The van der Waals surface area contributed by atoms with Crippen LogP contribution in [0.4, 0.5) is 0 Å². The van der Waals surface area contributed by atoms with Gasteiger partial charge in [0.05, 0.1) is 36.8 Å². The maximum atomic E-state index is 12.6. The number of aromatic nitrogens is 3. The van der Waals surface area contributed by atoms with E-state index >= 15 is 0 Å². The number of aryl methyl sites for hydroxylation is 2. The molecule has 1 atom stereocenters. The zero-order chi connectivity index (χ0) is 14.8. The first-order chi connectivity index (χ1) is 10.2. The molecule has 1 amide bonds. The van der Waals surface area contributed by atoms with Gasteiger partial charge >= 0.3 is 0 Å². The van der Waals surface area contributed by atoms with Crippen molar-refractivity contribution in [3.05, 3.63) is 35.0 Å². The molecule has 3 rings (SSSR count). The molecule has 2 aromatic heterocycles. The Hall–Kier alpha value is -2.15. The van der Waals surface area contributed by atoms with E-state index in [2.05, 4.69) is 15.4 Å². The van der Waals surface area contributed by atoms with Crippen molar-refractivity contribution in [1.29, 1.82) is 0 Å². The summed E-state index contributed by atoms with van der Waals surface area (Å²) in [4.78, 5) is 14.4. The van der Waals surface area contributed by atoms with Gasteiger partial charge in [0.25, 0.3) is 5.91 Å². The van der Waals surface area contributed by atoms with Crippen molar-refractivity contribution in [2.24, 2.45) is 0 Å². The minimum atomic E-state index is -0.177. The molecule has 1 aliphatic heterocycles. The fourth-order valence-electron chi connectivity index (χ4n) is 2.50. The molecule has 2 aromatic rings. The predicted octanol–water partition coefficient (Wildman–Crippen LogP) is 1.48. The lowest BCUT2D eigenvalue weighted by atomic mass is 10.1. The topological polar surface area (TPSA) is 84.2 Å². The number of H-pyrrole nitrogens is 1. The molecular formula is C14H18N4O3. The van der Waals surface area contributed by atoms with Crippen LogP contribution in [0.1, 0.15) is 40.5 Å². The summed E-state index contributed by atoms with van der Waals surface area (Å²) in [6.45, 7) is 5.41. The summed E-state index contributed by atoms with van der Waals surface area (Å²) in [5.41, 5.74) is 2.69. The summed E-state index contributed by atoms with van der Waals surface area (Å²) in [7, 11) is 0. The van der Waals surface area contributed by atoms with Gasteiger partial charge in [0.1, 0.15) is 0 Å². The van der Waals surface area contributed by atoms with E-state index in [-0.39, 0.29) is 17.7 Å². The summed E-state index contributed by atoms with van der Waals surface area (Å²) in [6.07, 6.45) is 2.49. The zero-order valence-corrected chi connectivity index (χ0v) is 12.1. The number of hydrogen-bond acceptors (Lipinski definition) is 5. The summed E-state index contributed by atoms with van der Waals surface area (Å²) < 4.78 is 10.7. The Morgan fingerprint density at radius 2 is 2.43 bits per heavy atom. The number of hydrogen-bond donors (Lipinski definition) is 1. The number of carbonyl (C=O) groups is 1. The smallest absolute Gasteiger partial charge is 0.293 e. The van der Waals surface area contributed by atoms with Crippen molar-refractivity contribution in [3.8, 4) is 0 Å². The van der Waals surface area contributed by atoms with Gasteiger partial charge in [-0.1, -0.05) is 12.1 Å². The Morgan fingerprint density at radius 1 is 1.57 bits per heavy atom. The molecule has 0 aliphatic carbocycles. The monoisotopic (exact) mass is 290 g/mol. The maximum Gasteiger partial charge on any atom is 0.293 e. The Morgan fingerprint density at radius 3 is 3.10 bits per heavy atom. The first kappa shape index (κ1) is 13.8. The summed E-state index contributed by atoms with van der Waals surface area (Å²) in [5.74, 6) is 0.111. The number of nitrogens with one attached hydrogen (secondary N) is 1. The van der Waals surface area contributed by atoms with E-state index in [4.69, 9.17) is 9.26 Å². The molecule has 112 valence electrons. The van der Waals surface area contributed by atoms with Crippen LogP contribution in [-0.4, -0.2) is 45.9 Å². The SMILES string of the molecule is CCc1cc(C(=O)N2CCOCC2c2[nH]ncc2C)on1. The number of amides is 1. The Bertz CT molecular complexity index is 634. The largest absolute Gasteiger partial charge is 0.377 e. The third-order valence-corrected chi connectivity index (χ3v) is 3.72. The van der Waals surface area contributed by atoms with Gasteiger partial charge in [-0.15, -0.1) is 0 Å². The molecule has 21 heavy (non-hydrogen) atoms. The number of aromatic amines is 1. The third-order valence-electron chi connectivity index (χ3n) is 3.72. The minimum Gasteiger partial charge on any atom is -0.377 e. The minimum absolute atomic E-state index is 0.162. The summed E-state index contributed by atoms with van der Waals surface area (Å²) in [6, 6.07) is 1.53. The van der Waals surface area contributed by atoms with Crippen LogP contribution >= 0.6 is 0 Å². The van der Waals surface area contributed by atoms with Crippen LogP contribution in [0.3, 0.4) is 0 Å². The second kappa shape index (κ2) is 5.69. The molecule has 1 N–H and O–H groups in total. The summed E-state index contributed by atoms with van der Waals surface area (Å²) in [5, 5.41) is 10.9. The molecule has 0 bridgehead atoms. The Labute approximate surface area is 122 Å². The normalized spacial score (nSPS) is 19.0. The second-order valence-corrected chi connectivity index (χ2v) is 5.09. The Kier molecular flexibility index (Phi) is 3.74. The van der Waals surface area contributed by atoms with E-state index in [0.717, 1.165) is 23.4 Å². The van der Waals surface area contributed by atoms with Gasteiger partial charge in [-0.05, 0) is 18.9 Å². The number of nitrogens with zero attached hydrogens (tertiary/aromatic N) is 3. The third kappa shape index (κ3) is 2.56. The molecule has 0 radical (unpaired) electrons. The molecule has 0 aromatic carbocycles. The molecule has 7 heteroatoms. The van der Waals surface area contributed by atoms with Crippen LogP contribution in [0.2, 0.25) is 0 Å². The highest BCUT2D eigenvalue weighted by atomic mass is 16.5. The highest BCUT2D eigenvalue weighted by Gasteiger charge is 2.33. The number of morpholine rings is 1. The number of rotatable bonds is 3. The Balaban J connectivity index is 1.87. The zero-order valence-electron chi connectivity index (χ0n) is 12.1. The molecule has 3 heterocycles. The molecule has 1 saturated heterocycles. The van der Waals surface area contributed by atoms with E-state index < -0.39 is 0 Å². The van der Waals surface area contributed by atoms with Crippen LogP contribution in [0, 0.1) is 6.92 Å². The molecule has 1 aliphatic rings. The molecular weight excluding hydrogens is 272 g/mol. The van der Waals surface area contributed by atoms with Gasteiger partial charge in [-0.25, -0.2) is 0 Å². The van der Waals surface area contributed by atoms with Gasteiger partial charge in [0.2, 0.25) is 5.76 Å². The lowest BCUT2D eigenvalue weighted by Gasteiger charge is -2.34. The van der Waals surface area contributed by atoms with Gasteiger partial charge in [-0.3, -0.25) is 9.89 Å². The molecule has 0 saturated carbocycles. The van der Waals surface area contributed by atoms with Gasteiger partial charge in [-0.2, -0.15) is 5.10 Å². The number of ether oxygens (including phenoxy) is 1. The van der Waals surface area contributed by atoms with Crippen molar-refractivity contribution < 1.29 is 14.1 Å². The maximum absolute atomic E-state index is 12.6. The highest BCUT2D eigenvalue weighted by molar-refractivity contribution is 5.91. The van der Waals surface area contributed by atoms with E-state index in [0.29, 0.717) is 19.8 Å². The standard InChI is InChI=1S/C14H18N4O3/c1-3-10-6-12(21-17-10)14(19)18-4-5-20-8-11(18)13-9(2)7-15-16-13/h6-7,11H,3-5,8H2,1-2H3,(H,15,16). The van der Waals surface area contributed by atoms with Crippen molar-refractivity contribution >= 4 is 5.91 Å². The molecule has 1 fully saturated rings. The molecule has 1 unspecified atom stereocenters. The fourth-order valence-corrected chi connectivity index (χ4v) is 2.50. The lowest BCUT2D eigenvalue weighted by Crippen LogP contribution is -2.43. The van der Waals surface area contributed by atoms with Crippen molar-refractivity contribution in [1.82, 2.24) is 20.3 Å². The van der Waals surface area contributed by atoms with Crippen LogP contribution < -0.4 is 0 Å². The highest BCUT2D eigenvalue weighted by Crippen LogP contribution is 2.26. The van der Waals surface area contributed by atoms with E-state index in [1.165, 1.54) is 0 Å². The quantitative estimate of drug-likeness (QED) is 0.925. The van der Waals surface area contributed by atoms with E-state index in [1.54, 1.807) is 17.2 Å². The molecule has 0 spiro atoms. The second-order valence-electron chi connectivity index (χ2n) is 5.09. The van der Waals surface area contributed by atoms with Crippen molar-refractivity contribution in [2.75, 3.05) is 19.8 Å². The molecule has 7 nitrogen and oxygen atoms in total.